The van der Waals surface area contributed by atoms with Crippen LogP contribution in [0.15, 0.2) is 33.0 Å². The molecular weight excluding hydrogens is 398 g/mol. The lowest BCUT2D eigenvalue weighted by Crippen LogP contribution is -2.18. The van der Waals surface area contributed by atoms with Gasteiger partial charge >= 0.3 is 5.97 Å². The van der Waals surface area contributed by atoms with Crippen molar-refractivity contribution in [3.8, 4) is 0 Å². The van der Waals surface area contributed by atoms with E-state index in [1.165, 1.54) is 23.1 Å². The Morgan fingerprint density at radius 3 is 3.11 bits per heavy atom. The number of rotatable bonds is 8. The van der Waals surface area contributed by atoms with Crippen LogP contribution in [0.1, 0.15) is 35.9 Å². The maximum absolute atomic E-state index is 12.3. The summed E-state index contributed by atoms with van der Waals surface area (Å²) >= 11 is 3.02. The minimum Gasteiger partial charge on any atom is -0.460 e. The number of hydrogen-bond donors (Lipinski definition) is 1. The van der Waals surface area contributed by atoms with E-state index in [1.807, 2.05) is 24.3 Å². The molecule has 1 aromatic carbocycles. The Bertz CT molecular complexity index is 950. The summed E-state index contributed by atoms with van der Waals surface area (Å²) < 4.78 is 17.3. The van der Waals surface area contributed by atoms with Crippen LogP contribution in [0.25, 0.3) is 11.0 Å². The highest BCUT2D eigenvalue weighted by molar-refractivity contribution is 8.00. The van der Waals surface area contributed by atoms with Gasteiger partial charge < -0.3 is 19.2 Å². The lowest BCUT2D eigenvalue weighted by Gasteiger charge is -2.08. The van der Waals surface area contributed by atoms with Crippen LogP contribution in [0.2, 0.25) is 0 Å². The van der Waals surface area contributed by atoms with E-state index in [1.54, 1.807) is 6.92 Å². The first-order chi connectivity index (χ1) is 13.7. The molecular formula is C19H21N3O4S2. The smallest absolute Gasteiger partial charge is 0.374 e. The van der Waals surface area contributed by atoms with Gasteiger partial charge in [0.1, 0.15) is 5.58 Å². The summed E-state index contributed by atoms with van der Waals surface area (Å²) in [5, 5.41) is 13.4. The Labute approximate surface area is 170 Å². The molecule has 1 saturated heterocycles. The minimum absolute atomic E-state index is 0.254. The van der Waals surface area contributed by atoms with Gasteiger partial charge in [0.15, 0.2) is 4.34 Å². The molecule has 1 fully saturated rings. The summed E-state index contributed by atoms with van der Waals surface area (Å²) in [4.78, 5) is 12.3. The molecule has 4 rings (SSSR count). The summed E-state index contributed by atoms with van der Waals surface area (Å²) in [6.07, 6.45) is 2.45. The SMILES string of the molecule is CCOC(=O)c1oc2ccccc2c1CSc1nnc(NC[C@H]2CCCO2)s1. The highest BCUT2D eigenvalue weighted by Gasteiger charge is 2.22. The zero-order chi connectivity index (χ0) is 19.3. The molecule has 0 saturated carbocycles. The Hall–Kier alpha value is -2.10. The fourth-order valence-electron chi connectivity index (χ4n) is 3.08. The molecule has 1 aliphatic rings. The Morgan fingerprint density at radius 1 is 1.39 bits per heavy atom. The zero-order valence-electron chi connectivity index (χ0n) is 15.5. The molecule has 0 bridgehead atoms. The third kappa shape index (κ3) is 4.31. The van der Waals surface area contributed by atoms with Gasteiger partial charge in [0.25, 0.3) is 0 Å². The number of anilines is 1. The van der Waals surface area contributed by atoms with Gasteiger partial charge in [0.2, 0.25) is 10.9 Å². The van der Waals surface area contributed by atoms with Crippen molar-refractivity contribution in [2.75, 3.05) is 25.1 Å². The molecule has 0 aliphatic carbocycles. The molecule has 7 nitrogen and oxygen atoms in total. The number of nitrogens with one attached hydrogen (secondary N) is 1. The second kappa shape index (κ2) is 8.93. The summed E-state index contributed by atoms with van der Waals surface area (Å²) in [6, 6.07) is 7.61. The highest BCUT2D eigenvalue weighted by atomic mass is 32.2. The fourth-order valence-corrected chi connectivity index (χ4v) is 4.87. The molecule has 148 valence electrons. The molecule has 0 amide bonds. The molecule has 0 unspecified atom stereocenters. The van der Waals surface area contributed by atoms with Gasteiger partial charge in [-0.05, 0) is 25.8 Å². The lowest BCUT2D eigenvalue weighted by molar-refractivity contribution is 0.0491. The van der Waals surface area contributed by atoms with Crippen molar-refractivity contribution in [2.24, 2.45) is 0 Å². The number of aromatic nitrogens is 2. The van der Waals surface area contributed by atoms with Crippen molar-refractivity contribution < 1.29 is 18.7 Å². The summed E-state index contributed by atoms with van der Waals surface area (Å²) in [5.41, 5.74) is 1.50. The molecule has 1 atom stereocenters. The van der Waals surface area contributed by atoms with Gasteiger partial charge in [-0.15, -0.1) is 10.2 Å². The number of hydrogen-bond acceptors (Lipinski definition) is 9. The van der Waals surface area contributed by atoms with E-state index >= 15 is 0 Å². The molecule has 3 heterocycles. The third-order valence-corrected chi connectivity index (χ3v) is 6.45. The van der Waals surface area contributed by atoms with Crippen LogP contribution < -0.4 is 5.32 Å². The monoisotopic (exact) mass is 419 g/mol. The topological polar surface area (TPSA) is 86.5 Å². The average molecular weight is 420 g/mol. The first kappa shape index (κ1) is 19.2. The van der Waals surface area contributed by atoms with Crippen LogP contribution in [-0.2, 0) is 15.2 Å². The third-order valence-electron chi connectivity index (χ3n) is 4.41. The van der Waals surface area contributed by atoms with E-state index < -0.39 is 5.97 Å². The predicted octanol–water partition coefficient (Wildman–Crippen LogP) is 4.34. The quantitative estimate of drug-likeness (QED) is 0.426. The van der Waals surface area contributed by atoms with Gasteiger partial charge in [0.05, 0.1) is 12.7 Å². The van der Waals surface area contributed by atoms with Crippen molar-refractivity contribution >= 4 is 45.2 Å². The molecule has 28 heavy (non-hydrogen) atoms. The minimum atomic E-state index is -0.439. The van der Waals surface area contributed by atoms with Crippen LogP contribution >= 0.6 is 23.1 Å². The number of benzene rings is 1. The first-order valence-corrected chi connectivity index (χ1v) is 11.0. The molecule has 2 aromatic heterocycles. The summed E-state index contributed by atoms with van der Waals surface area (Å²) in [5.74, 6) is 0.369. The normalized spacial score (nSPS) is 16.5. The van der Waals surface area contributed by atoms with Crippen LogP contribution in [0.3, 0.4) is 0 Å². The van der Waals surface area contributed by atoms with E-state index in [-0.39, 0.29) is 11.9 Å². The molecule has 3 aromatic rings. The van der Waals surface area contributed by atoms with Crippen molar-refractivity contribution in [2.45, 2.75) is 36.0 Å². The Kier molecular flexibility index (Phi) is 6.13. The van der Waals surface area contributed by atoms with Crippen molar-refractivity contribution in [1.82, 2.24) is 10.2 Å². The van der Waals surface area contributed by atoms with Crippen LogP contribution in [0, 0.1) is 0 Å². The van der Waals surface area contributed by atoms with E-state index in [0.717, 1.165) is 46.4 Å². The van der Waals surface area contributed by atoms with Gasteiger partial charge in [-0.25, -0.2) is 4.79 Å². The average Bonchev–Trinajstić information content (AvgIpc) is 3.44. The number of para-hydroxylation sites is 1. The largest absolute Gasteiger partial charge is 0.460 e. The van der Waals surface area contributed by atoms with Gasteiger partial charge in [-0.1, -0.05) is 41.3 Å². The number of furan rings is 1. The second-order valence-electron chi connectivity index (χ2n) is 6.30. The van der Waals surface area contributed by atoms with Crippen LogP contribution in [0.4, 0.5) is 5.13 Å². The molecule has 0 spiro atoms. The number of nitrogens with zero attached hydrogens (tertiary/aromatic N) is 2. The molecule has 9 heteroatoms. The van der Waals surface area contributed by atoms with Gasteiger partial charge in [-0.2, -0.15) is 0 Å². The van der Waals surface area contributed by atoms with Crippen molar-refractivity contribution in [1.29, 1.82) is 0 Å². The number of carbonyl (C=O) groups is 1. The summed E-state index contributed by atoms with van der Waals surface area (Å²) in [6.45, 7) is 3.67. The zero-order valence-corrected chi connectivity index (χ0v) is 17.1. The second-order valence-corrected chi connectivity index (χ2v) is 8.50. The molecule has 1 aliphatic heterocycles. The van der Waals surface area contributed by atoms with E-state index in [0.29, 0.717) is 17.9 Å². The Morgan fingerprint density at radius 2 is 2.29 bits per heavy atom. The standard InChI is InChI=1S/C19H21N3O4S2/c1-2-24-17(23)16-14(13-7-3-4-8-15(13)26-16)11-27-19-22-21-18(28-19)20-10-12-6-5-9-25-12/h3-4,7-8,12H,2,5-6,9-11H2,1H3,(H,20,21)/t12-/m1/s1. The molecule has 1 N–H and O–H groups in total. The van der Waals surface area contributed by atoms with Crippen LogP contribution in [-0.4, -0.2) is 42.0 Å². The summed E-state index contributed by atoms with van der Waals surface area (Å²) in [7, 11) is 0. The van der Waals surface area contributed by atoms with Gasteiger partial charge in [0, 0.05) is 29.9 Å². The highest BCUT2D eigenvalue weighted by Crippen LogP contribution is 2.34. The maximum atomic E-state index is 12.3. The van der Waals surface area contributed by atoms with Gasteiger partial charge in [-0.3, -0.25) is 0 Å². The first-order valence-electron chi connectivity index (χ1n) is 9.24. The number of carbonyl (C=O) groups excluding carboxylic acids is 1. The van der Waals surface area contributed by atoms with Crippen LogP contribution in [0.5, 0.6) is 0 Å². The number of esters is 1. The van der Waals surface area contributed by atoms with E-state index in [2.05, 4.69) is 15.5 Å². The number of fused-ring (bicyclic) bond motifs is 1. The number of ether oxygens (including phenoxy) is 2. The van der Waals surface area contributed by atoms with E-state index in [4.69, 9.17) is 13.9 Å². The van der Waals surface area contributed by atoms with E-state index in [9.17, 15) is 4.79 Å². The van der Waals surface area contributed by atoms with Crippen molar-refractivity contribution in [3.05, 3.63) is 35.6 Å². The number of thioether (sulfide) groups is 1. The molecule has 0 radical (unpaired) electrons. The van der Waals surface area contributed by atoms with Crippen molar-refractivity contribution in [3.63, 3.8) is 0 Å². The predicted molar refractivity (Wildman–Crippen MR) is 109 cm³/mol. The maximum Gasteiger partial charge on any atom is 0.374 e. The fraction of sp³-hybridized carbons (Fsp3) is 0.421. The lowest BCUT2D eigenvalue weighted by atomic mass is 10.1. The Balaban J connectivity index is 1.45.